The van der Waals surface area contributed by atoms with Gasteiger partial charge in [-0.3, -0.25) is 14.5 Å². The van der Waals surface area contributed by atoms with E-state index < -0.39 is 17.7 Å². The van der Waals surface area contributed by atoms with E-state index in [1.54, 1.807) is 36.4 Å². The normalized spacial score (nSPS) is 18.5. The predicted molar refractivity (Wildman–Crippen MR) is 107 cm³/mol. The Hall–Kier alpha value is -3.73. The highest BCUT2D eigenvalue weighted by Gasteiger charge is 2.47. The second-order valence-electron chi connectivity index (χ2n) is 6.58. The molecule has 1 amide bonds. The third-order valence-electron chi connectivity index (χ3n) is 4.73. The minimum atomic E-state index is -0.754. The van der Waals surface area contributed by atoms with Gasteiger partial charge in [0.2, 0.25) is 0 Å². The Labute approximate surface area is 162 Å². The summed E-state index contributed by atoms with van der Waals surface area (Å²) in [6.07, 6.45) is 0. The van der Waals surface area contributed by atoms with Crippen LogP contribution in [0.1, 0.15) is 22.9 Å². The molecule has 1 N–H and O–H groups in total. The Morgan fingerprint density at radius 3 is 2.18 bits per heavy atom. The monoisotopic (exact) mass is 370 g/mol. The number of aryl methyl sites for hydroxylation is 1. The first-order valence-electron chi connectivity index (χ1n) is 8.93. The minimum Gasteiger partial charge on any atom is -0.507 e. The summed E-state index contributed by atoms with van der Waals surface area (Å²) in [6.45, 7) is 1.82. The largest absolute Gasteiger partial charge is 0.507 e. The van der Waals surface area contributed by atoms with Crippen LogP contribution in [0.2, 0.25) is 0 Å². The number of aliphatic hydroxyl groups excluding tert-OH is 1. The molecule has 2 heterocycles. The number of hydrogen-bond donors (Lipinski definition) is 1. The van der Waals surface area contributed by atoms with Crippen LogP contribution in [0.25, 0.3) is 5.76 Å². The van der Waals surface area contributed by atoms with Gasteiger partial charge in [-0.1, -0.05) is 66.7 Å². The van der Waals surface area contributed by atoms with Crippen molar-refractivity contribution in [1.29, 1.82) is 0 Å². The summed E-state index contributed by atoms with van der Waals surface area (Å²) >= 11 is 0. The molecule has 0 saturated carbocycles. The highest BCUT2D eigenvalue weighted by atomic mass is 16.3. The molecule has 2 aromatic carbocycles. The lowest BCUT2D eigenvalue weighted by Gasteiger charge is -2.24. The number of anilines is 1. The van der Waals surface area contributed by atoms with E-state index in [0.717, 1.165) is 11.3 Å². The number of benzene rings is 2. The van der Waals surface area contributed by atoms with Crippen LogP contribution >= 0.6 is 0 Å². The number of ketones is 1. The molecule has 1 fully saturated rings. The SMILES string of the molecule is Cc1cccc(N2C(=O)C(=O)C(=C(O)c3ccccc3)C2c2ccccc2)n1. The van der Waals surface area contributed by atoms with Gasteiger partial charge in [0, 0.05) is 11.3 Å². The Bertz CT molecular complexity index is 1080. The zero-order valence-electron chi connectivity index (χ0n) is 15.2. The van der Waals surface area contributed by atoms with Gasteiger partial charge in [-0.05, 0) is 24.6 Å². The number of pyridine rings is 1. The van der Waals surface area contributed by atoms with Crippen LogP contribution in [0, 0.1) is 6.92 Å². The van der Waals surface area contributed by atoms with Gasteiger partial charge < -0.3 is 5.11 Å². The third kappa shape index (κ3) is 2.97. The first kappa shape index (κ1) is 17.7. The molecule has 1 aliphatic heterocycles. The van der Waals surface area contributed by atoms with Gasteiger partial charge >= 0.3 is 5.91 Å². The Balaban J connectivity index is 1.95. The fraction of sp³-hybridized carbons (Fsp3) is 0.0870. The Kier molecular flexibility index (Phi) is 4.49. The number of carbonyl (C=O) groups excluding carboxylic acids is 2. The highest BCUT2D eigenvalue weighted by Crippen LogP contribution is 2.41. The quantitative estimate of drug-likeness (QED) is 0.429. The smallest absolute Gasteiger partial charge is 0.301 e. The lowest BCUT2D eigenvalue weighted by molar-refractivity contribution is -0.132. The van der Waals surface area contributed by atoms with E-state index in [0.29, 0.717) is 11.4 Å². The van der Waals surface area contributed by atoms with Crippen molar-refractivity contribution < 1.29 is 14.7 Å². The average molecular weight is 370 g/mol. The molecule has 3 aromatic rings. The molecule has 1 saturated heterocycles. The maximum Gasteiger partial charge on any atom is 0.301 e. The van der Waals surface area contributed by atoms with Gasteiger partial charge in [-0.25, -0.2) is 4.98 Å². The number of aliphatic hydroxyl groups is 1. The average Bonchev–Trinajstić information content (AvgIpc) is 3.00. The van der Waals surface area contributed by atoms with Crippen LogP contribution in [0.5, 0.6) is 0 Å². The third-order valence-corrected chi connectivity index (χ3v) is 4.73. The Morgan fingerprint density at radius 1 is 0.893 bits per heavy atom. The number of carbonyl (C=O) groups is 2. The number of Topliss-reactive ketones (excluding diaryl/α,β-unsaturated/α-hetero) is 1. The van der Waals surface area contributed by atoms with E-state index in [-0.39, 0.29) is 11.3 Å². The van der Waals surface area contributed by atoms with Crippen molar-refractivity contribution in [3.05, 3.63) is 101 Å². The lowest BCUT2D eigenvalue weighted by Crippen LogP contribution is -2.30. The van der Waals surface area contributed by atoms with Crippen molar-refractivity contribution in [3.63, 3.8) is 0 Å². The summed E-state index contributed by atoms with van der Waals surface area (Å²) in [7, 11) is 0. The van der Waals surface area contributed by atoms with E-state index in [9.17, 15) is 14.7 Å². The van der Waals surface area contributed by atoms with Crippen molar-refractivity contribution in [2.24, 2.45) is 0 Å². The molecule has 28 heavy (non-hydrogen) atoms. The number of hydrogen-bond acceptors (Lipinski definition) is 4. The number of nitrogens with zero attached hydrogens (tertiary/aromatic N) is 2. The standard InChI is InChI=1S/C23H18N2O3/c1-15-9-8-14-18(24-15)25-20(16-10-4-2-5-11-16)19(22(27)23(25)28)21(26)17-12-6-3-7-13-17/h2-14,20,26H,1H3. The Morgan fingerprint density at radius 2 is 1.54 bits per heavy atom. The molecule has 4 rings (SSSR count). The second kappa shape index (κ2) is 7.12. The molecule has 0 bridgehead atoms. The van der Waals surface area contributed by atoms with E-state index >= 15 is 0 Å². The molecule has 5 nitrogen and oxygen atoms in total. The maximum absolute atomic E-state index is 12.9. The second-order valence-corrected chi connectivity index (χ2v) is 6.58. The number of rotatable bonds is 3. The molecule has 1 atom stereocenters. The van der Waals surface area contributed by atoms with Crippen molar-refractivity contribution in [3.8, 4) is 0 Å². The predicted octanol–water partition coefficient (Wildman–Crippen LogP) is 4.02. The van der Waals surface area contributed by atoms with Gasteiger partial charge in [-0.2, -0.15) is 0 Å². The molecule has 0 spiro atoms. The molecule has 0 aliphatic carbocycles. The van der Waals surface area contributed by atoms with Gasteiger partial charge in [-0.15, -0.1) is 0 Å². The van der Waals surface area contributed by atoms with Crippen LogP contribution in [0.15, 0.2) is 84.4 Å². The van der Waals surface area contributed by atoms with E-state index in [1.807, 2.05) is 49.4 Å². The lowest BCUT2D eigenvalue weighted by atomic mass is 9.95. The summed E-state index contributed by atoms with van der Waals surface area (Å²) in [5.74, 6) is -1.24. The van der Waals surface area contributed by atoms with Crippen molar-refractivity contribution in [2.75, 3.05) is 4.90 Å². The molecule has 1 aliphatic rings. The van der Waals surface area contributed by atoms with Crippen molar-refractivity contribution in [2.45, 2.75) is 13.0 Å². The fourth-order valence-corrected chi connectivity index (χ4v) is 3.43. The first-order valence-corrected chi connectivity index (χ1v) is 8.93. The molecule has 138 valence electrons. The zero-order chi connectivity index (χ0) is 19.7. The summed E-state index contributed by atoms with van der Waals surface area (Å²) in [5, 5.41) is 10.9. The minimum absolute atomic E-state index is 0.0608. The number of amides is 1. The van der Waals surface area contributed by atoms with Crippen LogP contribution in [0.3, 0.4) is 0 Å². The molecule has 1 aromatic heterocycles. The summed E-state index contributed by atoms with van der Waals surface area (Å²) in [5.41, 5.74) is 2.00. The van der Waals surface area contributed by atoms with E-state index in [4.69, 9.17) is 0 Å². The van der Waals surface area contributed by atoms with Gasteiger partial charge in [0.25, 0.3) is 5.78 Å². The molecule has 5 heteroatoms. The van der Waals surface area contributed by atoms with Gasteiger partial charge in [0.05, 0.1) is 11.6 Å². The zero-order valence-corrected chi connectivity index (χ0v) is 15.2. The highest BCUT2D eigenvalue weighted by molar-refractivity contribution is 6.51. The van der Waals surface area contributed by atoms with Gasteiger partial charge in [0.1, 0.15) is 11.6 Å². The molecule has 0 radical (unpaired) electrons. The van der Waals surface area contributed by atoms with Crippen molar-refractivity contribution in [1.82, 2.24) is 4.98 Å². The van der Waals surface area contributed by atoms with Crippen molar-refractivity contribution >= 4 is 23.3 Å². The molecule has 1 unspecified atom stereocenters. The van der Waals surface area contributed by atoms with E-state index in [1.165, 1.54) is 4.90 Å². The van der Waals surface area contributed by atoms with Crippen LogP contribution in [-0.4, -0.2) is 21.8 Å². The fourth-order valence-electron chi connectivity index (χ4n) is 3.43. The summed E-state index contributed by atoms with van der Waals surface area (Å²) in [6, 6.07) is 22.5. The number of aromatic nitrogens is 1. The van der Waals surface area contributed by atoms with Crippen LogP contribution < -0.4 is 4.90 Å². The topological polar surface area (TPSA) is 70.5 Å². The summed E-state index contributed by atoms with van der Waals surface area (Å²) in [4.78, 5) is 31.7. The van der Waals surface area contributed by atoms with Gasteiger partial charge in [0.15, 0.2) is 0 Å². The molecular formula is C23H18N2O3. The van der Waals surface area contributed by atoms with Crippen LogP contribution in [-0.2, 0) is 9.59 Å². The van der Waals surface area contributed by atoms with E-state index in [2.05, 4.69) is 4.98 Å². The van der Waals surface area contributed by atoms with Crippen LogP contribution in [0.4, 0.5) is 5.82 Å². The summed E-state index contributed by atoms with van der Waals surface area (Å²) < 4.78 is 0. The first-order chi connectivity index (χ1) is 13.6. The molecular weight excluding hydrogens is 352 g/mol. The maximum atomic E-state index is 12.9.